The Balaban J connectivity index is 2.02. The Hall–Kier alpha value is -2.72. The van der Waals surface area contributed by atoms with Gasteiger partial charge in [-0.2, -0.15) is 9.78 Å². The molecule has 30 heavy (non-hydrogen) atoms. The van der Waals surface area contributed by atoms with Crippen LogP contribution in [-0.2, 0) is 4.79 Å². The van der Waals surface area contributed by atoms with Crippen LogP contribution in [0.5, 0.6) is 11.5 Å². The van der Waals surface area contributed by atoms with Gasteiger partial charge < -0.3 is 15.2 Å². The van der Waals surface area contributed by atoms with Gasteiger partial charge in [-0.3, -0.25) is 9.59 Å². The molecule has 0 saturated heterocycles. The van der Waals surface area contributed by atoms with Gasteiger partial charge in [0.05, 0.1) is 23.7 Å². The van der Waals surface area contributed by atoms with E-state index >= 15 is 0 Å². The molecule has 1 aromatic heterocycles. The summed E-state index contributed by atoms with van der Waals surface area (Å²) in [6.07, 6.45) is 1.52. The number of amides is 1. The number of nitrogens with zero attached hydrogens (tertiary/aromatic N) is 3. The quantitative estimate of drug-likeness (QED) is 0.465. The molecule has 0 saturated carbocycles. The van der Waals surface area contributed by atoms with Gasteiger partial charge >= 0.3 is 0 Å². The van der Waals surface area contributed by atoms with Crippen LogP contribution in [0.15, 0.2) is 49.2 Å². The smallest absolute Gasteiger partial charge is 0.282 e. The number of carbonyl (C=O) groups is 1. The van der Waals surface area contributed by atoms with E-state index in [9.17, 15) is 9.59 Å². The summed E-state index contributed by atoms with van der Waals surface area (Å²) in [4.78, 5) is 28.3. The van der Waals surface area contributed by atoms with Crippen molar-refractivity contribution in [2.75, 3.05) is 13.2 Å². The minimum Gasteiger partial charge on any atom is -0.490 e. The summed E-state index contributed by atoms with van der Waals surface area (Å²) in [5, 5.41) is 4.78. The lowest BCUT2D eigenvalue weighted by Gasteiger charge is -2.13. The third-order valence-corrected chi connectivity index (χ3v) is 5.20. The predicted octanol–water partition coefficient (Wildman–Crippen LogP) is 3.37. The summed E-state index contributed by atoms with van der Waals surface area (Å²) in [6.45, 7) is 3.66. The van der Waals surface area contributed by atoms with Crippen LogP contribution in [0.25, 0.3) is 10.9 Å². The molecule has 0 spiro atoms. The molecule has 2 aromatic carbocycles. The number of halogens is 2. The average Bonchev–Trinajstić information content (AvgIpc) is 2.69. The molecule has 0 aliphatic carbocycles. The van der Waals surface area contributed by atoms with Gasteiger partial charge in [0, 0.05) is 14.5 Å². The highest BCUT2D eigenvalue weighted by molar-refractivity contribution is 9.10. The van der Waals surface area contributed by atoms with Gasteiger partial charge in [-0.05, 0) is 60.1 Å². The normalized spacial score (nSPS) is 11.2. The monoisotopic (exact) mass is 536 g/mol. The van der Waals surface area contributed by atoms with Gasteiger partial charge in [0.25, 0.3) is 11.5 Å². The Morgan fingerprint density at radius 3 is 2.67 bits per heavy atom. The van der Waals surface area contributed by atoms with Crippen LogP contribution in [0, 0.1) is 6.92 Å². The maximum Gasteiger partial charge on any atom is 0.282 e. The van der Waals surface area contributed by atoms with Crippen molar-refractivity contribution in [2.24, 2.45) is 10.8 Å². The maximum absolute atomic E-state index is 12.9. The van der Waals surface area contributed by atoms with Crippen LogP contribution in [0.4, 0.5) is 0 Å². The van der Waals surface area contributed by atoms with Gasteiger partial charge in [-0.25, -0.2) is 4.98 Å². The zero-order chi connectivity index (χ0) is 21.8. The fourth-order valence-corrected chi connectivity index (χ4v) is 3.48. The second-order valence-electron chi connectivity index (χ2n) is 6.19. The van der Waals surface area contributed by atoms with E-state index in [1.165, 1.54) is 10.9 Å². The molecule has 1 heterocycles. The Morgan fingerprint density at radius 1 is 1.23 bits per heavy atom. The van der Waals surface area contributed by atoms with E-state index in [2.05, 4.69) is 41.9 Å². The molecule has 0 aliphatic heterocycles. The van der Waals surface area contributed by atoms with Crippen molar-refractivity contribution >= 4 is 54.9 Å². The van der Waals surface area contributed by atoms with E-state index in [-0.39, 0.29) is 12.2 Å². The van der Waals surface area contributed by atoms with Crippen molar-refractivity contribution in [2.45, 2.75) is 13.8 Å². The molecule has 0 unspecified atom stereocenters. The molecular weight excluding hydrogens is 520 g/mol. The number of nitrogens with two attached hydrogens (primary N) is 1. The summed E-state index contributed by atoms with van der Waals surface area (Å²) >= 11 is 6.82. The molecular formula is C20H18Br2N4O4. The summed E-state index contributed by atoms with van der Waals surface area (Å²) in [5.74, 6) is 0.649. The van der Waals surface area contributed by atoms with E-state index in [4.69, 9.17) is 15.2 Å². The topological polar surface area (TPSA) is 109 Å². The van der Waals surface area contributed by atoms with E-state index < -0.39 is 5.91 Å². The van der Waals surface area contributed by atoms with Crippen molar-refractivity contribution in [1.29, 1.82) is 0 Å². The average molecular weight is 538 g/mol. The molecule has 1 amide bonds. The van der Waals surface area contributed by atoms with Gasteiger partial charge in [0.15, 0.2) is 18.1 Å². The standard InChI is InChI=1S/C20H18Br2N4O4/c1-3-29-17-6-12(15(22)8-18(17)30-10-19(23)27)9-24-26-11(2)25-16-5-4-13(21)7-14(16)20(26)28/h4-9H,3,10H2,1-2H3,(H2,23,27). The molecule has 3 rings (SSSR count). The minimum absolute atomic E-state index is 0.271. The zero-order valence-electron chi connectivity index (χ0n) is 16.2. The number of benzene rings is 2. The highest BCUT2D eigenvalue weighted by Crippen LogP contribution is 2.33. The first-order valence-corrected chi connectivity index (χ1v) is 10.5. The largest absolute Gasteiger partial charge is 0.490 e. The molecule has 0 aliphatic rings. The summed E-state index contributed by atoms with van der Waals surface area (Å²) in [5.41, 5.74) is 6.11. The van der Waals surface area contributed by atoms with E-state index in [0.29, 0.717) is 44.9 Å². The Labute approximate surface area is 188 Å². The highest BCUT2D eigenvalue weighted by atomic mass is 79.9. The minimum atomic E-state index is -0.593. The number of aryl methyl sites for hydroxylation is 1. The number of carbonyl (C=O) groups excluding carboxylic acids is 1. The van der Waals surface area contributed by atoms with Crippen molar-refractivity contribution in [3.63, 3.8) is 0 Å². The molecule has 156 valence electrons. The molecule has 0 fully saturated rings. The molecule has 0 radical (unpaired) electrons. The van der Waals surface area contributed by atoms with Crippen molar-refractivity contribution in [3.05, 3.63) is 61.0 Å². The van der Waals surface area contributed by atoms with Gasteiger partial charge in [0.1, 0.15) is 5.82 Å². The summed E-state index contributed by atoms with van der Waals surface area (Å²) in [6, 6.07) is 8.66. The van der Waals surface area contributed by atoms with Gasteiger partial charge in [0.2, 0.25) is 0 Å². The van der Waals surface area contributed by atoms with Crippen LogP contribution in [0.2, 0.25) is 0 Å². The van der Waals surface area contributed by atoms with E-state index in [1.54, 1.807) is 31.2 Å². The Morgan fingerprint density at radius 2 is 1.97 bits per heavy atom. The number of aromatic nitrogens is 2. The molecule has 3 aromatic rings. The lowest BCUT2D eigenvalue weighted by molar-refractivity contribution is -0.119. The summed E-state index contributed by atoms with van der Waals surface area (Å²) < 4.78 is 13.6. The van der Waals surface area contributed by atoms with Crippen LogP contribution in [-0.4, -0.2) is 35.0 Å². The lowest BCUT2D eigenvalue weighted by Crippen LogP contribution is -2.21. The highest BCUT2D eigenvalue weighted by Gasteiger charge is 2.12. The van der Waals surface area contributed by atoms with Crippen molar-refractivity contribution < 1.29 is 14.3 Å². The first-order valence-electron chi connectivity index (χ1n) is 8.91. The van der Waals surface area contributed by atoms with Crippen LogP contribution in [0.3, 0.4) is 0 Å². The number of hydrogen-bond donors (Lipinski definition) is 1. The molecule has 0 atom stereocenters. The Bertz CT molecular complexity index is 1210. The second kappa shape index (κ2) is 9.40. The lowest BCUT2D eigenvalue weighted by atomic mass is 10.2. The van der Waals surface area contributed by atoms with Crippen molar-refractivity contribution in [1.82, 2.24) is 9.66 Å². The van der Waals surface area contributed by atoms with Crippen LogP contribution < -0.4 is 20.8 Å². The van der Waals surface area contributed by atoms with E-state index in [1.807, 2.05) is 13.0 Å². The van der Waals surface area contributed by atoms with Crippen LogP contribution >= 0.6 is 31.9 Å². The fourth-order valence-electron chi connectivity index (χ4n) is 2.70. The molecule has 8 nitrogen and oxygen atoms in total. The molecule has 0 bridgehead atoms. The van der Waals surface area contributed by atoms with Gasteiger partial charge in [-0.1, -0.05) is 15.9 Å². The number of fused-ring (bicyclic) bond motifs is 1. The first-order chi connectivity index (χ1) is 14.3. The predicted molar refractivity (Wildman–Crippen MR) is 121 cm³/mol. The molecule has 10 heteroatoms. The number of rotatable bonds is 7. The van der Waals surface area contributed by atoms with Crippen molar-refractivity contribution in [3.8, 4) is 11.5 Å². The van der Waals surface area contributed by atoms with E-state index in [0.717, 1.165) is 4.47 Å². The third kappa shape index (κ3) is 4.88. The fraction of sp³-hybridized carbons (Fsp3) is 0.200. The second-order valence-corrected chi connectivity index (χ2v) is 7.96. The Kier molecular flexibility index (Phi) is 6.88. The van der Waals surface area contributed by atoms with Crippen LogP contribution in [0.1, 0.15) is 18.3 Å². The zero-order valence-corrected chi connectivity index (χ0v) is 19.4. The third-order valence-electron chi connectivity index (χ3n) is 4.02. The first kappa shape index (κ1) is 22.0. The number of ether oxygens (including phenoxy) is 2. The summed E-state index contributed by atoms with van der Waals surface area (Å²) in [7, 11) is 0. The number of hydrogen-bond acceptors (Lipinski definition) is 6. The SMILES string of the molecule is CCOc1cc(C=Nn2c(C)nc3ccc(Br)cc3c2=O)c(Br)cc1OCC(N)=O. The maximum atomic E-state index is 12.9. The van der Waals surface area contributed by atoms with Gasteiger partial charge in [-0.15, -0.1) is 0 Å². The number of primary amides is 1. The molecule has 2 N–H and O–H groups in total.